The molecular formula is C12H15ClO3. The molecule has 1 rings (SSSR count). The smallest absolute Gasteiger partial charge is 0.339 e. The van der Waals surface area contributed by atoms with Gasteiger partial charge in [-0.05, 0) is 31.5 Å². The van der Waals surface area contributed by atoms with Crippen molar-refractivity contribution in [3.8, 4) is 5.75 Å². The van der Waals surface area contributed by atoms with Crippen molar-refractivity contribution in [1.29, 1.82) is 0 Å². The van der Waals surface area contributed by atoms with Crippen LogP contribution in [-0.2, 0) is 4.74 Å². The van der Waals surface area contributed by atoms with Gasteiger partial charge >= 0.3 is 5.97 Å². The Morgan fingerprint density at radius 2 is 2.12 bits per heavy atom. The fourth-order valence-electron chi connectivity index (χ4n) is 1.18. The van der Waals surface area contributed by atoms with Gasteiger partial charge in [-0.25, -0.2) is 4.79 Å². The summed E-state index contributed by atoms with van der Waals surface area (Å²) >= 11 is 5.96. The average Bonchev–Trinajstić information content (AvgIpc) is 2.26. The normalized spacial score (nSPS) is 9.94. The summed E-state index contributed by atoms with van der Waals surface area (Å²) < 4.78 is 10.3. The number of ether oxygens (including phenoxy) is 2. The lowest BCUT2D eigenvalue weighted by Crippen LogP contribution is -2.05. The fraction of sp³-hybridized carbons (Fsp3) is 0.417. The third kappa shape index (κ3) is 3.42. The molecule has 0 heterocycles. The minimum absolute atomic E-state index is 0.337. The first-order valence-electron chi connectivity index (χ1n) is 5.28. The summed E-state index contributed by atoms with van der Waals surface area (Å²) in [7, 11) is 0. The van der Waals surface area contributed by atoms with Crippen LogP contribution in [-0.4, -0.2) is 19.2 Å². The van der Waals surface area contributed by atoms with Crippen LogP contribution in [0.2, 0.25) is 5.02 Å². The lowest BCUT2D eigenvalue weighted by atomic mass is 10.2. The van der Waals surface area contributed by atoms with E-state index < -0.39 is 5.97 Å². The molecular weight excluding hydrogens is 228 g/mol. The molecule has 16 heavy (non-hydrogen) atoms. The monoisotopic (exact) mass is 242 g/mol. The van der Waals surface area contributed by atoms with Crippen LogP contribution >= 0.6 is 11.6 Å². The molecule has 1 aromatic carbocycles. The Kier molecular flexibility index (Phi) is 5.12. The second-order valence-electron chi connectivity index (χ2n) is 3.21. The molecule has 0 atom stereocenters. The molecule has 1 aromatic rings. The van der Waals surface area contributed by atoms with Gasteiger partial charge in [-0.1, -0.05) is 18.5 Å². The summed E-state index contributed by atoms with van der Waals surface area (Å²) in [6, 6.07) is 4.96. The summed E-state index contributed by atoms with van der Waals surface area (Å²) in [6.45, 7) is 4.75. The van der Waals surface area contributed by atoms with Crippen molar-refractivity contribution in [3.05, 3.63) is 28.8 Å². The molecule has 0 aliphatic carbocycles. The van der Waals surface area contributed by atoms with Crippen LogP contribution in [0, 0.1) is 0 Å². The van der Waals surface area contributed by atoms with E-state index in [2.05, 4.69) is 0 Å². The number of halogens is 1. The Balaban J connectivity index is 2.78. The summed E-state index contributed by atoms with van der Waals surface area (Å²) in [4.78, 5) is 11.4. The van der Waals surface area contributed by atoms with Crippen LogP contribution in [0.25, 0.3) is 0 Å². The zero-order valence-electron chi connectivity index (χ0n) is 9.46. The van der Waals surface area contributed by atoms with Crippen LogP contribution < -0.4 is 4.74 Å². The van der Waals surface area contributed by atoms with Gasteiger partial charge in [-0.3, -0.25) is 0 Å². The molecule has 88 valence electrons. The quantitative estimate of drug-likeness (QED) is 0.743. The molecule has 0 saturated carbocycles. The molecule has 0 N–H and O–H groups in total. The highest BCUT2D eigenvalue weighted by atomic mass is 35.5. The summed E-state index contributed by atoms with van der Waals surface area (Å²) in [5.41, 5.74) is 0.368. The molecule has 0 unspecified atom stereocenters. The van der Waals surface area contributed by atoms with Crippen LogP contribution in [0.15, 0.2) is 18.2 Å². The molecule has 4 heteroatoms. The van der Waals surface area contributed by atoms with E-state index >= 15 is 0 Å². The van der Waals surface area contributed by atoms with E-state index in [0.717, 1.165) is 6.42 Å². The molecule has 0 amide bonds. The van der Waals surface area contributed by atoms with Crippen molar-refractivity contribution in [2.45, 2.75) is 20.3 Å². The summed E-state index contributed by atoms with van der Waals surface area (Å²) in [5, 5.41) is 0.354. The van der Waals surface area contributed by atoms with Crippen LogP contribution in [0.5, 0.6) is 5.75 Å². The van der Waals surface area contributed by atoms with E-state index in [4.69, 9.17) is 21.1 Å². The van der Waals surface area contributed by atoms with Gasteiger partial charge in [0.2, 0.25) is 0 Å². The minimum atomic E-state index is -0.408. The molecule has 3 nitrogen and oxygen atoms in total. The fourth-order valence-corrected chi connectivity index (χ4v) is 1.43. The summed E-state index contributed by atoms with van der Waals surface area (Å²) in [5.74, 6) is 0.259. The first-order valence-corrected chi connectivity index (χ1v) is 5.66. The maximum absolute atomic E-state index is 11.4. The highest BCUT2D eigenvalue weighted by Crippen LogP contribution is 2.23. The zero-order valence-corrected chi connectivity index (χ0v) is 10.2. The lowest BCUT2D eigenvalue weighted by Gasteiger charge is -2.07. The van der Waals surface area contributed by atoms with Crippen molar-refractivity contribution < 1.29 is 14.3 Å². The van der Waals surface area contributed by atoms with E-state index in [1.54, 1.807) is 25.1 Å². The number of hydrogen-bond acceptors (Lipinski definition) is 3. The highest BCUT2D eigenvalue weighted by molar-refractivity contribution is 6.33. The second kappa shape index (κ2) is 6.38. The average molecular weight is 243 g/mol. The molecule has 0 bridgehead atoms. The Labute approximate surface area is 100 Å². The SMILES string of the molecule is CCCOc1ccc(C(=O)OCC)c(Cl)c1. The van der Waals surface area contributed by atoms with Crippen molar-refractivity contribution in [2.24, 2.45) is 0 Å². The number of hydrogen-bond donors (Lipinski definition) is 0. The first kappa shape index (κ1) is 12.8. The number of carbonyl (C=O) groups is 1. The number of rotatable bonds is 5. The van der Waals surface area contributed by atoms with Gasteiger partial charge in [-0.2, -0.15) is 0 Å². The maximum atomic E-state index is 11.4. The lowest BCUT2D eigenvalue weighted by molar-refractivity contribution is 0.0526. The van der Waals surface area contributed by atoms with Crippen LogP contribution in [0.3, 0.4) is 0 Å². The first-order chi connectivity index (χ1) is 7.69. The third-order valence-electron chi connectivity index (χ3n) is 1.91. The van der Waals surface area contributed by atoms with Gasteiger partial charge in [0.25, 0.3) is 0 Å². The Hall–Kier alpha value is -1.22. The molecule has 0 aliphatic rings. The van der Waals surface area contributed by atoms with E-state index in [1.165, 1.54) is 0 Å². The van der Waals surface area contributed by atoms with Crippen LogP contribution in [0.1, 0.15) is 30.6 Å². The van der Waals surface area contributed by atoms with E-state index in [1.807, 2.05) is 6.92 Å². The van der Waals surface area contributed by atoms with Gasteiger partial charge in [-0.15, -0.1) is 0 Å². The molecule has 0 aromatic heterocycles. The van der Waals surface area contributed by atoms with Gasteiger partial charge in [0.05, 0.1) is 23.8 Å². The maximum Gasteiger partial charge on any atom is 0.339 e. The van der Waals surface area contributed by atoms with E-state index in [9.17, 15) is 4.79 Å². The van der Waals surface area contributed by atoms with Gasteiger partial charge in [0.1, 0.15) is 5.75 Å². The Bertz CT molecular complexity index is 363. The molecule has 0 aliphatic heterocycles. The minimum Gasteiger partial charge on any atom is -0.494 e. The van der Waals surface area contributed by atoms with Crippen molar-refractivity contribution >= 4 is 17.6 Å². The predicted octanol–water partition coefficient (Wildman–Crippen LogP) is 3.31. The number of esters is 1. The standard InChI is InChI=1S/C12H15ClO3/c1-3-7-16-9-5-6-10(11(13)8-9)12(14)15-4-2/h5-6,8H,3-4,7H2,1-2H3. The second-order valence-corrected chi connectivity index (χ2v) is 3.62. The zero-order chi connectivity index (χ0) is 12.0. The van der Waals surface area contributed by atoms with Crippen molar-refractivity contribution in [3.63, 3.8) is 0 Å². The van der Waals surface area contributed by atoms with Crippen molar-refractivity contribution in [1.82, 2.24) is 0 Å². The van der Waals surface area contributed by atoms with Crippen LogP contribution in [0.4, 0.5) is 0 Å². The number of carbonyl (C=O) groups excluding carboxylic acids is 1. The molecule has 0 radical (unpaired) electrons. The largest absolute Gasteiger partial charge is 0.494 e. The highest BCUT2D eigenvalue weighted by Gasteiger charge is 2.11. The Morgan fingerprint density at radius 1 is 1.38 bits per heavy atom. The predicted molar refractivity (Wildman–Crippen MR) is 63.2 cm³/mol. The Morgan fingerprint density at radius 3 is 2.69 bits per heavy atom. The molecule has 0 saturated heterocycles. The topological polar surface area (TPSA) is 35.5 Å². The van der Waals surface area contributed by atoms with Gasteiger partial charge in [0.15, 0.2) is 0 Å². The van der Waals surface area contributed by atoms with Gasteiger partial charge in [0, 0.05) is 0 Å². The molecule has 0 spiro atoms. The molecule has 0 fully saturated rings. The van der Waals surface area contributed by atoms with Crippen molar-refractivity contribution in [2.75, 3.05) is 13.2 Å². The van der Waals surface area contributed by atoms with Gasteiger partial charge < -0.3 is 9.47 Å². The van der Waals surface area contributed by atoms with E-state index in [-0.39, 0.29) is 0 Å². The third-order valence-corrected chi connectivity index (χ3v) is 2.22. The summed E-state index contributed by atoms with van der Waals surface area (Å²) in [6.07, 6.45) is 0.928. The number of benzene rings is 1. The van der Waals surface area contributed by atoms with E-state index in [0.29, 0.717) is 29.5 Å².